The van der Waals surface area contributed by atoms with Crippen LogP contribution in [0.5, 0.6) is 5.75 Å². The maximum atomic E-state index is 13.3. The van der Waals surface area contributed by atoms with Crippen molar-refractivity contribution in [3.63, 3.8) is 0 Å². The molecule has 1 aliphatic carbocycles. The van der Waals surface area contributed by atoms with E-state index in [1.807, 2.05) is 29.2 Å². The van der Waals surface area contributed by atoms with Crippen molar-refractivity contribution in [2.24, 2.45) is 0 Å². The largest absolute Gasteiger partial charge is 0.485 e. The molecule has 1 aromatic carbocycles. The van der Waals surface area contributed by atoms with Crippen LogP contribution in [-0.2, 0) is 22.5 Å². The molecule has 6 nitrogen and oxygen atoms in total. The fourth-order valence-corrected chi connectivity index (χ4v) is 5.27. The Kier molecular flexibility index (Phi) is 5.92. The van der Waals surface area contributed by atoms with E-state index in [9.17, 15) is 4.79 Å². The quantitative estimate of drug-likeness (QED) is 0.763. The van der Waals surface area contributed by atoms with Crippen LogP contribution < -0.4 is 4.74 Å². The normalized spacial score (nSPS) is 26.7. The third-order valence-electron chi connectivity index (χ3n) is 7.00. The van der Waals surface area contributed by atoms with Gasteiger partial charge < -0.3 is 14.4 Å². The van der Waals surface area contributed by atoms with E-state index in [-0.39, 0.29) is 11.5 Å². The van der Waals surface area contributed by atoms with Gasteiger partial charge in [0.25, 0.3) is 0 Å². The monoisotopic (exact) mass is 421 g/mol. The Morgan fingerprint density at radius 2 is 1.90 bits per heavy atom. The van der Waals surface area contributed by atoms with Crippen molar-refractivity contribution < 1.29 is 14.3 Å². The second-order valence-corrected chi connectivity index (χ2v) is 9.06. The van der Waals surface area contributed by atoms with Gasteiger partial charge in [-0.2, -0.15) is 0 Å². The van der Waals surface area contributed by atoms with E-state index in [0.29, 0.717) is 25.6 Å². The first-order valence-corrected chi connectivity index (χ1v) is 11.5. The van der Waals surface area contributed by atoms with Crippen LogP contribution >= 0.6 is 0 Å². The molecule has 0 bridgehead atoms. The van der Waals surface area contributed by atoms with Crippen molar-refractivity contribution in [1.82, 2.24) is 14.8 Å². The van der Waals surface area contributed by atoms with E-state index < -0.39 is 0 Å². The summed E-state index contributed by atoms with van der Waals surface area (Å²) in [6.07, 6.45) is 8.05. The van der Waals surface area contributed by atoms with Gasteiger partial charge in [-0.05, 0) is 43.4 Å². The zero-order chi connectivity index (χ0) is 21.1. The van der Waals surface area contributed by atoms with Crippen molar-refractivity contribution >= 4 is 5.91 Å². The second kappa shape index (κ2) is 8.97. The van der Waals surface area contributed by atoms with Crippen LogP contribution in [0.25, 0.3) is 0 Å². The summed E-state index contributed by atoms with van der Waals surface area (Å²) in [6.45, 7) is 4.97. The molecular formula is C25H31N3O3. The fraction of sp³-hybridized carbons (Fsp3) is 0.520. The highest BCUT2D eigenvalue weighted by Crippen LogP contribution is 2.39. The van der Waals surface area contributed by atoms with Crippen LogP contribution in [-0.4, -0.2) is 65.2 Å². The van der Waals surface area contributed by atoms with Gasteiger partial charge in [0.1, 0.15) is 11.4 Å². The first-order chi connectivity index (χ1) is 15.2. The number of hydrogen-bond donors (Lipinski definition) is 0. The molecule has 5 rings (SSSR count). The summed E-state index contributed by atoms with van der Waals surface area (Å²) in [6, 6.07) is 12.6. The number of aromatic nitrogens is 1. The first-order valence-electron chi connectivity index (χ1n) is 11.5. The zero-order valence-electron chi connectivity index (χ0n) is 18.0. The van der Waals surface area contributed by atoms with Gasteiger partial charge in [-0.25, -0.2) is 0 Å². The third-order valence-corrected chi connectivity index (χ3v) is 7.00. The standard InChI is InChI=1S/C25H31N3O3/c29-24(16-20-4-3-11-26-17-20)28-18-21-5-1-2-6-23(21)31-25(19-28)9-7-22(8-10-25)27-12-14-30-15-13-27/h1-6,11,17,22H,7-10,12-16,18-19H2. The molecule has 1 amide bonds. The Labute approximate surface area is 184 Å². The maximum absolute atomic E-state index is 13.3. The third kappa shape index (κ3) is 4.60. The minimum atomic E-state index is -0.306. The maximum Gasteiger partial charge on any atom is 0.227 e. The average molecular weight is 422 g/mol. The number of ether oxygens (including phenoxy) is 2. The Morgan fingerprint density at radius 3 is 2.68 bits per heavy atom. The molecule has 0 radical (unpaired) electrons. The van der Waals surface area contributed by atoms with Gasteiger partial charge in [0, 0.05) is 43.6 Å². The predicted molar refractivity (Wildman–Crippen MR) is 118 cm³/mol. The number of para-hydroxylation sites is 1. The van der Waals surface area contributed by atoms with E-state index in [4.69, 9.17) is 9.47 Å². The lowest BCUT2D eigenvalue weighted by Crippen LogP contribution is -2.53. The molecule has 31 heavy (non-hydrogen) atoms. The van der Waals surface area contributed by atoms with Gasteiger partial charge in [-0.1, -0.05) is 24.3 Å². The Morgan fingerprint density at radius 1 is 1.10 bits per heavy atom. The molecule has 0 N–H and O–H groups in total. The highest BCUT2D eigenvalue weighted by molar-refractivity contribution is 5.79. The van der Waals surface area contributed by atoms with Crippen molar-refractivity contribution in [3.05, 3.63) is 59.9 Å². The van der Waals surface area contributed by atoms with Crippen LogP contribution in [0.4, 0.5) is 0 Å². The van der Waals surface area contributed by atoms with Gasteiger partial charge in [-0.15, -0.1) is 0 Å². The van der Waals surface area contributed by atoms with Crippen molar-refractivity contribution in [2.75, 3.05) is 32.8 Å². The summed E-state index contributed by atoms with van der Waals surface area (Å²) in [5.41, 5.74) is 1.74. The molecule has 6 heteroatoms. The second-order valence-electron chi connectivity index (χ2n) is 9.06. The molecule has 164 valence electrons. The summed E-state index contributed by atoms with van der Waals surface area (Å²) in [5, 5.41) is 0. The highest BCUT2D eigenvalue weighted by Gasteiger charge is 2.43. The number of amides is 1. The van der Waals surface area contributed by atoms with E-state index in [1.165, 1.54) is 0 Å². The SMILES string of the molecule is O=C(Cc1cccnc1)N1Cc2ccccc2OC2(CCC(N3CCOCC3)CC2)C1. The molecule has 3 heterocycles. The molecular weight excluding hydrogens is 390 g/mol. The molecule has 0 unspecified atom stereocenters. The van der Waals surface area contributed by atoms with Crippen LogP contribution in [0.2, 0.25) is 0 Å². The van der Waals surface area contributed by atoms with Crippen molar-refractivity contribution in [2.45, 2.75) is 50.3 Å². The van der Waals surface area contributed by atoms with Gasteiger partial charge in [-0.3, -0.25) is 14.7 Å². The van der Waals surface area contributed by atoms with E-state index in [2.05, 4.69) is 22.0 Å². The summed E-state index contributed by atoms with van der Waals surface area (Å²) in [7, 11) is 0. The molecule has 0 atom stereocenters. The molecule has 2 fully saturated rings. The summed E-state index contributed by atoms with van der Waals surface area (Å²) < 4.78 is 12.2. The number of fused-ring (bicyclic) bond motifs is 1. The molecule has 1 spiro atoms. The zero-order valence-corrected chi connectivity index (χ0v) is 18.0. The smallest absolute Gasteiger partial charge is 0.227 e. The van der Waals surface area contributed by atoms with Crippen LogP contribution in [0, 0.1) is 0 Å². The molecule has 1 aromatic heterocycles. The average Bonchev–Trinajstić information content (AvgIpc) is 2.97. The number of nitrogens with zero attached hydrogens (tertiary/aromatic N) is 3. The number of carbonyl (C=O) groups excluding carboxylic acids is 1. The minimum absolute atomic E-state index is 0.142. The number of morpholine rings is 1. The Balaban J connectivity index is 1.34. The van der Waals surface area contributed by atoms with Crippen LogP contribution in [0.3, 0.4) is 0 Å². The van der Waals surface area contributed by atoms with Gasteiger partial charge in [0.2, 0.25) is 5.91 Å². The molecule has 1 saturated carbocycles. The van der Waals surface area contributed by atoms with Gasteiger partial charge >= 0.3 is 0 Å². The van der Waals surface area contributed by atoms with E-state index >= 15 is 0 Å². The van der Waals surface area contributed by atoms with Crippen LogP contribution in [0.1, 0.15) is 36.8 Å². The van der Waals surface area contributed by atoms with Gasteiger partial charge in [0.15, 0.2) is 0 Å². The summed E-state index contributed by atoms with van der Waals surface area (Å²) in [4.78, 5) is 22.0. The Hall–Kier alpha value is -2.44. The van der Waals surface area contributed by atoms with Crippen molar-refractivity contribution in [1.29, 1.82) is 0 Å². The fourth-order valence-electron chi connectivity index (χ4n) is 5.27. The number of carbonyl (C=O) groups is 1. The lowest BCUT2D eigenvalue weighted by Gasteiger charge is -2.45. The summed E-state index contributed by atoms with van der Waals surface area (Å²) >= 11 is 0. The molecule has 2 aliphatic heterocycles. The number of rotatable bonds is 3. The summed E-state index contributed by atoms with van der Waals surface area (Å²) in [5.74, 6) is 1.08. The number of benzene rings is 1. The highest BCUT2D eigenvalue weighted by atomic mass is 16.5. The van der Waals surface area contributed by atoms with Crippen LogP contribution in [0.15, 0.2) is 48.8 Å². The van der Waals surface area contributed by atoms with E-state index in [1.54, 1.807) is 12.4 Å². The first kappa shape index (κ1) is 20.5. The Bertz CT molecular complexity index is 890. The topological polar surface area (TPSA) is 54.9 Å². The van der Waals surface area contributed by atoms with Gasteiger partial charge in [0.05, 0.1) is 26.2 Å². The lowest BCUT2D eigenvalue weighted by molar-refractivity contribution is -0.134. The number of pyridine rings is 1. The van der Waals surface area contributed by atoms with E-state index in [0.717, 1.165) is 68.9 Å². The van der Waals surface area contributed by atoms with Crippen molar-refractivity contribution in [3.8, 4) is 5.75 Å². The molecule has 1 saturated heterocycles. The predicted octanol–water partition coefficient (Wildman–Crippen LogP) is 3.06. The number of hydrogen-bond acceptors (Lipinski definition) is 5. The lowest BCUT2D eigenvalue weighted by atomic mass is 9.80. The molecule has 2 aromatic rings. The molecule has 3 aliphatic rings. The minimum Gasteiger partial charge on any atom is -0.485 e.